The number of hydrogen-bond donors (Lipinski definition) is 0. The zero-order chi connectivity index (χ0) is 19.6. The predicted molar refractivity (Wildman–Crippen MR) is 114 cm³/mol. The first-order valence-corrected chi connectivity index (χ1v) is 13.2. The molecule has 2 fully saturated rings. The van der Waals surface area contributed by atoms with Gasteiger partial charge in [0.05, 0.1) is 12.4 Å². The number of likely N-dealkylation sites (tertiary alicyclic amines) is 1. The first kappa shape index (κ1) is 20.2. The molecule has 156 valence electrons. The molecule has 2 aliphatic heterocycles. The highest BCUT2D eigenvalue weighted by atomic mass is 32.2. The number of rotatable bonds is 6. The van der Waals surface area contributed by atoms with E-state index in [1.807, 2.05) is 0 Å². The number of sulfone groups is 1. The molecule has 1 aromatic rings. The molecular formula is C23H35NO3S. The van der Waals surface area contributed by atoms with E-state index in [-0.39, 0.29) is 0 Å². The molecule has 0 unspecified atom stereocenters. The number of nitrogens with zero attached hydrogens (tertiary/aromatic N) is 1. The highest BCUT2D eigenvalue weighted by molar-refractivity contribution is 7.90. The smallest absolute Gasteiger partial charge is 0.147 e. The predicted octanol–water partition coefficient (Wildman–Crippen LogP) is 4.04. The van der Waals surface area contributed by atoms with Crippen molar-refractivity contribution in [3.63, 3.8) is 0 Å². The van der Waals surface area contributed by atoms with Crippen molar-refractivity contribution in [3.05, 3.63) is 29.3 Å². The molecular weight excluding hydrogens is 370 g/mol. The molecule has 0 aromatic heterocycles. The monoisotopic (exact) mass is 405 g/mol. The van der Waals surface area contributed by atoms with Crippen molar-refractivity contribution in [2.24, 2.45) is 11.8 Å². The molecule has 1 aliphatic carbocycles. The van der Waals surface area contributed by atoms with Gasteiger partial charge >= 0.3 is 0 Å². The van der Waals surface area contributed by atoms with Crippen LogP contribution in [0.3, 0.4) is 0 Å². The van der Waals surface area contributed by atoms with Crippen LogP contribution in [0.25, 0.3) is 0 Å². The number of benzene rings is 1. The van der Waals surface area contributed by atoms with Crippen LogP contribution in [0.4, 0.5) is 0 Å². The molecule has 2 heterocycles. The quantitative estimate of drug-likeness (QED) is 0.717. The van der Waals surface area contributed by atoms with Gasteiger partial charge in [-0.3, -0.25) is 0 Å². The molecule has 0 amide bonds. The Labute approximate surface area is 170 Å². The fourth-order valence-corrected chi connectivity index (χ4v) is 6.77. The third-order valence-corrected chi connectivity index (χ3v) is 8.24. The van der Waals surface area contributed by atoms with E-state index in [1.165, 1.54) is 63.6 Å². The van der Waals surface area contributed by atoms with Crippen molar-refractivity contribution in [2.75, 3.05) is 38.2 Å². The minimum atomic E-state index is -2.82. The van der Waals surface area contributed by atoms with Crippen LogP contribution in [0.1, 0.15) is 62.0 Å². The van der Waals surface area contributed by atoms with E-state index in [2.05, 4.69) is 23.1 Å². The summed E-state index contributed by atoms with van der Waals surface area (Å²) >= 11 is 0. The summed E-state index contributed by atoms with van der Waals surface area (Å²) in [4.78, 5) is 2.65. The van der Waals surface area contributed by atoms with Crippen molar-refractivity contribution in [2.45, 2.75) is 57.3 Å². The maximum Gasteiger partial charge on any atom is 0.147 e. The Bertz CT molecular complexity index is 760. The van der Waals surface area contributed by atoms with E-state index >= 15 is 0 Å². The third kappa shape index (κ3) is 5.10. The molecule has 0 bridgehead atoms. The maximum atomic E-state index is 11.5. The van der Waals surface area contributed by atoms with Gasteiger partial charge in [-0.25, -0.2) is 8.42 Å². The van der Waals surface area contributed by atoms with Crippen LogP contribution in [0, 0.1) is 11.8 Å². The van der Waals surface area contributed by atoms with Crippen molar-refractivity contribution < 1.29 is 13.2 Å². The Kier molecular flexibility index (Phi) is 6.31. The number of ether oxygens (including phenoxy) is 1. The summed E-state index contributed by atoms with van der Waals surface area (Å²) in [6.45, 7) is 4.47. The average Bonchev–Trinajstić information content (AvgIpc) is 3.16. The van der Waals surface area contributed by atoms with Gasteiger partial charge in [-0.1, -0.05) is 25.0 Å². The van der Waals surface area contributed by atoms with Crippen LogP contribution < -0.4 is 4.74 Å². The highest BCUT2D eigenvalue weighted by Crippen LogP contribution is 2.37. The van der Waals surface area contributed by atoms with Crippen LogP contribution in [0.5, 0.6) is 5.75 Å². The Morgan fingerprint density at radius 3 is 2.46 bits per heavy atom. The summed E-state index contributed by atoms with van der Waals surface area (Å²) in [5.74, 6) is 3.40. The first-order valence-electron chi connectivity index (χ1n) is 11.1. The lowest BCUT2D eigenvalue weighted by molar-refractivity contribution is 0.182. The minimum Gasteiger partial charge on any atom is -0.493 e. The maximum absolute atomic E-state index is 11.5. The normalized spacial score (nSPS) is 26.8. The van der Waals surface area contributed by atoms with Crippen LogP contribution >= 0.6 is 0 Å². The second-order valence-corrected chi connectivity index (χ2v) is 11.5. The molecule has 5 heteroatoms. The Morgan fingerprint density at radius 2 is 1.75 bits per heavy atom. The molecule has 1 aromatic carbocycles. The van der Waals surface area contributed by atoms with Crippen molar-refractivity contribution >= 4 is 9.84 Å². The zero-order valence-corrected chi connectivity index (χ0v) is 18.1. The van der Waals surface area contributed by atoms with Gasteiger partial charge in [0.25, 0.3) is 0 Å². The molecule has 4 rings (SSSR count). The van der Waals surface area contributed by atoms with Crippen LogP contribution in [0.2, 0.25) is 0 Å². The summed E-state index contributed by atoms with van der Waals surface area (Å²) in [7, 11) is -2.82. The lowest BCUT2D eigenvalue weighted by Crippen LogP contribution is -2.35. The van der Waals surface area contributed by atoms with Gasteiger partial charge in [0.15, 0.2) is 0 Å². The summed E-state index contributed by atoms with van der Waals surface area (Å²) in [5, 5.41) is 0. The third-order valence-electron chi connectivity index (χ3n) is 7.16. The average molecular weight is 406 g/mol. The van der Waals surface area contributed by atoms with Crippen LogP contribution in [0.15, 0.2) is 18.2 Å². The lowest BCUT2D eigenvalue weighted by atomic mass is 9.81. The van der Waals surface area contributed by atoms with E-state index in [0.29, 0.717) is 17.6 Å². The molecule has 3 aliphatic rings. The molecule has 4 nitrogen and oxygen atoms in total. The standard InChI is InChI=1S/C23H35NO3S/c1-28(25,26)17-19-7-5-18(6-8-19)9-13-24-14-10-20(11-15-24)21-3-2-4-23-22(21)12-16-27-23/h2-4,18-20H,5-17H2,1H3. The van der Waals surface area contributed by atoms with Gasteiger partial charge in [0.2, 0.25) is 0 Å². The molecule has 0 N–H and O–H groups in total. The van der Waals surface area contributed by atoms with Crippen molar-refractivity contribution in [1.82, 2.24) is 4.90 Å². The SMILES string of the molecule is CS(=O)(=O)CC1CCC(CCN2CCC(c3cccc4c3CCO4)CC2)CC1. The topological polar surface area (TPSA) is 46.6 Å². The van der Waals surface area contributed by atoms with Gasteiger partial charge < -0.3 is 9.64 Å². The van der Waals surface area contributed by atoms with Crippen molar-refractivity contribution in [1.29, 1.82) is 0 Å². The summed E-state index contributed by atoms with van der Waals surface area (Å²) < 4.78 is 28.7. The second kappa shape index (κ2) is 8.74. The van der Waals surface area contributed by atoms with Gasteiger partial charge in [0.1, 0.15) is 15.6 Å². The van der Waals surface area contributed by atoms with E-state index in [0.717, 1.165) is 37.5 Å². The molecule has 0 spiro atoms. The van der Waals surface area contributed by atoms with E-state index in [4.69, 9.17) is 4.74 Å². The summed E-state index contributed by atoms with van der Waals surface area (Å²) in [5.41, 5.74) is 3.01. The number of fused-ring (bicyclic) bond motifs is 1. The molecule has 1 saturated carbocycles. The van der Waals surface area contributed by atoms with E-state index < -0.39 is 9.84 Å². The van der Waals surface area contributed by atoms with Gasteiger partial charge in [-0.15, -0.1) is 0 Å². The number of hydrogen-bond acceptors (Lipinski definition) is 4. The highest BCUT2D eigenvalue weighted by Gasteiger charge is 2.27. The lowest BCUT2D eigenvalue weighted by Gasteiger charge is -2.35. The van der Waals surface area contributed by atoms with E-state index in [1.54, 1.807) is 5.56 Å². The summed E-state index contributed by atoms with van der Waals surface area (Å²) in [6.07, 6.45) is 10.9. The Hall–Kier alpha value is -1.07. The van der Waals surface area contributed by atoms with E-state index in [9.17, 15) is 8.42 Å². The fourth-order valence-electron chi connectivity index (χ4n) is 5.58. The Balaban J connectivity index is 1.19. The molecule has 0 radical (unpaired) electrons. The minimum absolute atomic E-state index is 0.390. The Morgan fingerprint density at radius 1 is 1.04 bits per heavy atom. The summed E-state index contributed by atoms with van der Waals surface area (Å²) in [6, 6.07) is 6.60. The second-order valence-electron chi connectivity index (χ2n) is 9.31. The van der Waals surface area contributed by atoms with Gasteiger partial charge in [-0.05, 0) is 81.1 Å². The molecule has 28 heavy (non-hydrogen) atoms. The van der Waals surface area contributed by atoms with Gasteiger partial charge in [0, 0.05) is 18.2 Å². The van der Waals surface area contributed by atoms with Crippen molar-refractivity contribution in [3.8, 4) is 5.75 Å². The first-order chi connectivity index (χ1) is 13.5. The molecule has 1 saturated heterocycles. The van der Waals surface area contributed by atoms with Crippen LogP contribution in [-0.4, -0.2) is 51.6 Å². The van der Waals surface area contributed by atoms with Crippen LogP contribution in [-0.2, 0) is 16.3 Å². The fraction of sp³-hybridized carbons (Fsp3) is 0.739. The zero-order valence-electron chi connectivity index (χ0n) is 17.2. The van der Waals surface area contributed by atoms with Gasteiger partial charge in [-0.2, -0.15) is 0 Å². The number of piperidine rings is 1. The molecule has 0 atom stereocenters. The largest absolute Gasteiger partial charge is 0.493 e.